The normalized spacial score (nSPS) is 10.1. The van der Waals surface area contributed by atoms with Crippen molar-refractivity contribution in [2.75, 3.05) is 13.7 Å². The van der Waals surface area contributed by atoms with Gasteiger partial charge >= 0.3 is 5.97 Å². The van der Waals surface area contributed by atoms with Crippen LogP contribution < -0.4 is 9.47 Å². The summed E-state index contributed by atoms with van der Waals surface area (Å²) in [5, 5.41) is 8.61. The minimum absolute atomic E-state index is 0.148. The van der Waals surface area contributed by atoms with Gasteiger partial charge in [-0.15, -0.1) is 0 Å². The number of aliphatic carboxylic acids is 1. The Morgan fingerprint density at radius 2 is 1.95 bits per heavy atom. The Kier molecular flexibility index (Phi) is 6.56. The first-order valence-corrected chi connectivity index (χ1v) is 6.64. The van der Waals surface area contributed by atoms with E-state index in [4.69, 9.17) is 14.6 Å². The van der Waals surface area contributed by atoms with Crippen molar-refractivity contribution in [3.05, 3.63) is 23.8 Å². The van der Waals surface area contributed by atoms with E-state index in [0.29, 0.717) is 23.7 Å². The Bertz CT molecular complexity index is 467. The van der Waals surface area contributed by atoms with Crippen molar-refractivity contribution in [1.82, 2.24) is 0 Å². The number of carbonyl (C=O) groups is 2. The Morgan fingerprint density at radius 3 is 2.55 bits per heavy atom. The van der Waals surface area contributed by atoms with Crippen LogP contribution >= 0.6 is 0 Å². The number of carboxylic acid groups (broad SMARTS) is 1. The molecule has 0 fully saturated rings. The molecule has 0 spiro atoms. The first-order valence-electron chi connectivity index (χ1n) is 6.64. The summed E-state index contributed by atoms with van der Waals surface area (Å²) >= 11 is 0. The van der Waals surface area contributed by atoms with E-state index in [1.165, 1.54) is 7.11 Å². The van der Waals surface area contributed by atoms with E-state index in [9.17, 15) is 9.59 Å². The van der Waals surface area contributed by atoms with Gasteiger partial charge in [0.05, 0.1) is 13.7 Å². The zero-order valence-electron chi connectivity index (χ0n) is 11.8. The number of benzene rings is 1. The Hall–Kier alpha value is -2.04. The van der Waals surface area contributed by atoms with E-state index in [2.05, 4.69) is 6.92 Å². The fourth-order valence-electron chi connectivity index (χ4n) is 1.74. The van der Waals surface area contributed by atoms with E-state index < -0.39 is 11.8 Å². The van der Waals surface area contributed by atoms with Crippen molar-refractivity contribution >= 4 is 11.8 Å². The van der Waals surface area contributed by atoms with Crippen molar-refractivity contribution in [1.29, 1.82) is 0 Å². The summed E-state index contributed by atoms with van der Waals surface area (Å²) in [5.41, 5.74) is 0.601. The van der Waals surface area contributed by atoms with Gasteiger partial charge in [0.1, 0.15) is 0 Å². The number of ketones is 1. The maximum atomic E-state index is 11.2. The number of carbonyl (C=O) groups excluding carboxylic acids is 1. The smallest absolute Gasteiger partial charge is 0.372 e. The van der Waals surface area contributed by atoms with Crippen LogP contribution in [0.3, 0.4) is 0 Å². The highest BCUT2D eigenvalue weighted by Gasteiger charge is 2.14. The molecule has 0 bridgehead atoms. The molecule has 5 nitrogen and oxygen atoms in total. The van der Waals surface area contributed by atoms with Crippen LogP contribution in [0.4, 0.5) is 0 Å². The van der Waals surface area contributed by atoms with Crippen molar-refractivity contribution in [3.63, 3.8) is 0 Å². The minimum atomic E-state index is -1.42. The summed E-state index contributed by atoms with van der Waals surface area (Å²) in [6, 6.07) is 5.00. The van der Waals surface area contributed by atoms with Gasteiger partial charge in [-0.2, -0.15) is 0 Å². The summed E-state index contributed by atoms with van der Waals surface area (Å²) in [5.74, 6) is -1.15. The van der Waals surface area contributed by atoms with Crippen molar-refractivity contribution in [2.45, 2.75) is 32.6 Å². The predicted octanol–water partition coefficient (Wildman–Crippen LogP) is 2.46. The molecule has 0 unspecified atom stereocenters. The molecule has 0 aliphatic heterocycles. The number of Topliss-reactive ketones (excluding diaryl/α,β-unsaturated/α-hetero) is 1. The molecule has 0 aliphatic rings. The number of rotatable bonds is 9. The summed E-state index contributed by atoms with van der Waals surface area (Å²) in [4.78, 5) is 21.8. The van der Waals surface area contributed by atoms with Gasteiger partial charge < -0.3 is 14.6 Å². The number of methoxy groups -OCH3 is 1. The number of ether oxygens (including phenoxy) is 2. The fraction of sp³-hybridized carbons (Fsp3) is 0.467. The molecule has 0 saturated heterocycles. The number of unbranched alkanes of at least 4 members (excludes halogenated alkanes) is 2. The third-order valence-corrected chi connectivity index (χ3v) is 2.84. The highest BCUT2D eigenvalue weighted by atomic mass is 16.5. The quantitative estimate of drug-likeness (QED) is 0.555. The largest absolute Gasteiger partial charge is 0.493 e. The van der Waals surface area contributed by atoms with Crippen LogP contribution in [-0.4, -0.2) is 30.6 Å². The van der Waals surface area contributed by atoms with E-state index in [0.717, 1.165) is 19.3 Å². The first kappa shape index (κ1) is 16.0. The zero-order valence-corrected chi connectivity index (χ0v) is 11.8. The lowest BCUT2D eigenvalue weighted by molar-refractivity contribution is -0.148. The molecule has 0 heterocycles. The van der Waals surface area contributed by atoms with Crippen molar-refractivity contribution in [3.8, 4) is 11.5 Å². The van der Waals surface area contributed by atoms with E-state index >= 15 is 0 Å². The fourth-order valence-corrected chi connectivity index (χ4v) is 1.74. The van der Waals surface area contributed by atoms with Gasteiger partial charge in [0.2, 0.25) is 5.78 Å². The molecule has 0 aliphatic carbocycles. The van der Waals surface area contributed by atoms with Crippen LogP contribution in [0.1, 0.15) is 31.7 Å². The van der Waals surface area contributed by atoms with Gasteiger partial charge in [0.15, 0.2) is 11.5 Å². The average Bonchev–Trinajstić information content (AvgIpc) is 2.43. The van der Waals surface area contributed by atoms with Crippen LogP contribution in [0, 0.1) is 0 Å². The molecule has 1 rings (SSSR count). The Balaban J connectivity index is 2.74. The van der Waals surface area contributed by atoms with Crippen LogP contribution in [-0.2, 0) is 16.0 Å². The third kappa shape index (κ3) is 4.91. The molecule has 1 N–H and O–H groups in total. The maximum absolute atomic E-state index is 11.2. The standard InChI is InChI=1S/C15H20O5/c1-3-4-5-8-20-14-10-11(6-7-13(14)19-2)9-12(16)15(17)18/h6-7,10H,3-5,8-9H2,1-2H3,(H,17,18). The van der Waals surface area contributed by atoms with E-state index in [1.54, 1.807) is 18.2 Å². The van der Waals surface area contributed by atoms with E-state index in [1.807, 2.05) is 0 Å². The zero-order chi connectivity index (χ0) is 15.0. The monoisotopic (exact) mass is 280 g/mol. The summed E-state index contributed by atoms with van der Waals surface area (Å²) < 4.78 is 10.8. The molecular weight excluding hydrogens is 260 g/mol. The van der Waals surface area contributed by atoms with Crippen molar-refractivity contribution in [2.24, 2.45) is 0 Å². The molecule has 1 aromatic rings. The molecule has 0 saturated carbocycles. The van der Waals surface area contributed by atoms with E-state index in [-0.39, 0.29) is 6.42 Å². The Morgan fingerprint density at radius 1 is 1.20 bits per heavy atom. The molecule has 0 amide bonds. The molecule has 0 atom stereocenters. The van der Waals surface area contributed by atoms with Gasteiger partial charge in [-0.25, -0.2) is 4.79 Å². The summed E-state index contributed by atoms with van der Waals surface area (Å²) in [6.07, 6.45) is 2.98. The van der Waals surface area contributed by atoms with Gasteiger partial charge in [-0.05, 0) is 24.1 Å². The summed E-state index contributed by atoms with van der Waals surface area (Å²) in [6.45, 7) is 2.68. The molecule has 0 aromatic heterocycles. The SMILES string of the molecule is CCCCCOc1cc(CC(=O)C(=O)O)ccc1OC. The predicted molar refractivity (Wildman–Crippen MR) is 74.4 cm³/mol. The molecular formula is C15H20O5. The van der Waals surface area contributed by atoms with Gasteiger partial charge in [-0.3, -0.25) is 4.79 Å². The second-order valence-corrected chi connectivity index (χ2v) is 4.45. The first-order chi connectivity index (χ1) is 9.58. The second kappa shape index (κ2) is 8.19. The minimum Gasteiger partial charge on any atom is -0.493 e. The van der Waals surface area contributed by atoms with Crippen molar-refractivity contribution < 1.29 is 24.2 Å². The average molecular weight is 280 g/mol. The lowest BCUT2D eigenvalue weighted by Gasteiger charge is -2.11. The lowest BCUT2D eigenvalue weighted by Crippen LogP contribution is -2.15. The lowest BCUT2D eigenvalue weighted by atomic mass is 10.1. The molecule has 5 heteroatoms. The van der Waals surface area contributed by atoms with Gasteiger partial charge in [-0.1, -0.05) is 25.8 Å². The van der Waals surface area contributed by atoms with Crippen LogP contribution in [0.5, 0.6) is 11.5 Å². The Labute approximate surface area is 118 Å². The molecule has 110 valence electrons. The molecule has 0 radical (unpaired) electrons. The van der Waals surface area contributed by atoms with Crippen LogP contribution in [0.15, 0.2) is 18.2 Å². The third-order valence-electron chi connectivity index (χ3n) is 2.84. The van der Waals surface area contributed by atoms with Gasteiger partial charge in [0, 0.05) is 6.42 Å². The number of carboxylic acids is 1. The highest BCUT2D eigenvalue weighted by molar-refractivity contribution is 6.33. The highest BCUT2D eigenvalue weighted by Crippen LogP contribution is 2.28. The summed E-state index contributed by atoms with van der Waals surface area (Å²) in [7, 11) is 1.54. The molecule has 20 heavy (non-hydrogen) atoms. The van der Waals surface area contributed by atoms with Crippen LogP contribution in [0.25, 0.3) is 0 Å². The van der Waals surface area contributed by atoms with Gasteiger partial charge in [0.25, 0.3) is 0 Å². The van der Waals surface area contributed by atoms with Crippen LogP contribution in [0.2, 0.25) is 0 Å². The maximum Gasteiger partial charge on any atom is 0.372 e. The number of hydrogen-bond acceptors (Lipinski definition) is 4. The number of hydrogen-bond donors (Lipinski definition) is 1. The topological polar surface area (TPSA) is 72.8 Å². The second-order valence-electron chi connectivity index (χ2n) is 4.45. The molecule has 1 aromatic carbocycles.